The molecule has 1 fully saturated rings. The zero-order chi connectivity index (χ0) is 22.5. The van der Waals surface area contributed by atoms with Crippen LogP contribution in [0.4, 0.5) is 11.8 Å². The summed E-state index contributed by atoms with van der Waals surface area (Å²) in [4.78, 5) is 21.1. The summed E-state index contributed by atoms with van der Waals surface area (Å²) < 4.78 is 12.8. The fourth-order valence-electron chi connectivity index (χ4n) is 4.48. The highest BCUT2D eigenvalue weighted by molar-refractivity contribution is 7.87. The van der Waals surface area contributed by atoms with E-state index < -0.39 is 10.8 Å². The van der Waals surface area contributed by atoms with Gasteiger partial charge in [-0.3, -0.25) is 4.21 Å². The molecule has 0 saturated heterocycles. The second-order valence-corrected chi connectivity index (χ2v) is 11.9. The van der Waals surface area contributed by atoms with Gasteiger partial charge in [-0.05, 0) is 45.1 Å². The average Bonchev–Trinajstić information content (AvgIpc) is 2.99. The third-order valence-corrected chi connectivity index (χ3v) is 8.74. The SMILES string of the molecule is CC1(C)Cc2nc(N3CC=C(c4ncc(Cl)cn4)CC3)nc(NC3(CO)CCC3)c2[S@]1=O. The molecule has 0 bridgehead atoms. The molecule has 3 aliphatic rings. The molecule has 170 valence electrons. The number of fused-ring (bicyclic) bond motifs is 1. The Bertz CT molecular complexity index is 1090. The molecule has 0 radical (unpaired) electrons. The molecule has 1 aliphatic carbocycles. The lowest BCUT2D eigenvalue weighted by atomic mass is 9.77. The van der Waals surface area contributed by atoms with Crippen molar-refractivity contribution in [1.82, 2.24) is 19.9 Å². The van der Waals surface area contributed by atoms with E-state index in [0.717, 1.165) is 43.5 Å². The van der Waals surface area contributed by atoms with Crippen LogP contribution in [0.15, 0.2) is 23.4 Å². The van der Waals surface area contributed by atoms with E-state index in [1.807, 2.05) is 13.8 Å². The van der Waals surface area contributed by atoms with E-state index in [9.17, 15) is 9.32 Å². The molecule has 2 aromatic rings. The monoisotopic (exact) mass is 474 g/mol. The van der Waals surface area contributed by atoms with Gasteiger partial charge in [-0.2, -0.15) is 4.98 Å². The minimum absolute atomic E-state index is 0.0358. The third kappa shape index (κ3) is 3.80. The van der Waals surface area contributed by atoms with Gasteiger partial charge in [0.15, 0.2) is 5.82 Å². The van der Waals surface area contributed by atoms with Gasteiger partial charge in [0.25, 0.3) is 0 Å². The van der Waals surface area contributed by atoms with Crippen LogP contribution in [0.3, 0.4) is 0 Å². The molecule has 0 unspecified atom stereocenters. The zero-order valence-electron chi connectivity index (χ0n) is 18.3. The summed E-state index contributed by atoms with van der Waals surface area (Å²) in [6, 6.07) is 0. The molecule has 2 aromatic heterocycles. The smallest absolute Gasteiger partial charge is 0.227 e. The van der Waals surface area contributed by atoms with Crippen molar-refractivity contribution < 1.29 is 9.32 Å². The summed E-state index contributed by atoms with van der Waals surface area (Å²) in [6.07, 6.45) is 9.54. The fourth-order valence-corrected chi connectivity index (χ4v) is 6.00. The van der Waals surface area contributed by atoms with Gasteiger partial charge in [0.2, 0.25) is 5.95 Å². The zero-order valence-corrected chi connectivity index (χ0v) is 19.8. The van der Waals surface area contributed by atoms with Crippen molar-refractivity contribution in [3.8, 4) is 0 Å². The second kappa shape index (κ2) is 8.04. The molecule has 32 heavy (non-hydrogen) atoms. The maximum atomic E-state index is 13.2. The molecule has 0 aromatic carbocycles. The van der Waals surface area contributed by atoms with Crippen molar-refractivity contribution in [3.05, 3.63) is 35.0 Å². The van der Waals surface area contributed by atoms with Gasteiger partial charge in [-0.1, -0.05) is 17.7 Å². The largest absolute Gasteiger partial charge is 0.394 e. The minimum Gasteiger partial charge on any atom is -0.394 e. The van der Waals surface area contributed by atoms with Gasteiger partial charge in [-0.25, -0.2) is 15.0 Å². The van der Waals surface area contributed by atoms with Crippen LogP contribution >= 0.6 is 11.6 Å². The van der Waals surface area contributed by atoms with Crippen molar-refractivity contribution >= 4 is 39.7 Å². The molecule has 8 nitrogen and oxygen atoms in total. The normalized spacial score (nSPS) is 23.3. The summed E-state index contributed by atoms with van der Waals surface area (Å²) in [5.41, 5.74) is 1.54. The summed E-state index contributed by atoms with van der Waals surface area (Å²) in [5.74, 6) is 1.93. The number of halogens is 1. The Morgan fingerprint density at radius 2 is 2.00 bits per heavy atom. The Labute approximate surface area is 195 Å². The first-order valence-electron chi connectivity index (χ1n) is 10.9. The van der Waals surface area contributed by atoms with E-state index in [1.165, 1.54) is 0 Å². The Kier molecular flexibility index (Phi) is 5.46. The Balaban J connectivity index is 1.46. The van der Waals surface area contributed by atoms with Gasteiger partial charge in [0.05, 0.1) is 38.4 Å². The van der Waals surface area contributed by atoms with Gasteiger partial charge in [0, 0.05) is 31.9 Å². The molecule has 0 spiro atoms. The number of hydrogen-bond acceptors (Lipinski definition) is 8. The summed E-state index contributed by atoms with van der Waals surface area (Å²) in [5, 5.41) is 13.9. The number of anilines is 2. The predicted octanol–water partition coefficient (Wildman–Crippen LogP) is 2.98. The fraction of sp³-hybridized carbons (Fsp3) is 0.545. The van der Waals surface area contributed by atoms with Crippen molar-refractivity contribution in [3.63, 3.8) is 0 Å². The number of aliphatic hydroxyl groups excluding tert-OH is 1. The van der Waals surface area contributed by atoms with Crippen LogP contribution in [-0.2, 0) is 17.2 Å². The topological polar surface area (TPSA) is 104 Å². The van der Waals surface area contributed by atoms with Crippen molar-refractivity contribution in [1.29, 1.82) is 0 Å². The summed E-state index contributed by atoms with van der Waals surface area (Å²) in [6.45, 7) is 5.40. The van der Waals surface area contributed by atoms with Crippen LogP contribution in [0.1, 0.15) is 51.0 Å². The van der Waals surface area contributed by atoms with Gasteiger partial charge < -0.3 is 15.3 Å². The van der Waals surface area contributed by atoms with Gasteiger partial charge in [-0.15, -0.1) is 0 Å². The number of nitrogens with zero attached hydrogens (tertiary/aromatic N) is 5. The first-order chi connectivity index (χ1) is 15.3. The van der Waals surface area contributed by atoms with E-state index in [2.05, 4.69) is 26.3 Å². The first-order valence-corrected chi connectivity index (χ1v) is 12.5. The number of aliphatic hydroxyl groups is 1. The van der Waals surface area contributed by atoms with Crippen LogP contribution < -0.4 is 10.2 Å². The lowest BCUT2D eigenvalue weighted by Crippen LogP contribution is -2.49. The van der Waals surface area contributed by atoms with E-state index in [4.69, 9.17) is 21.6 Å². The average molecular weight is 475 g/mol. The summed E-state index contributed by atoms with van der Waals surface area (Å²) in [7, 11) is -1.21. The van der Waals surface area contributed by atoms with E-state index in [1.54, 1.807) is 12.4 Å². The minimum atomic E-state index is -1.21. The quantitative estimate of drug-likeness (QED) is 0.681. The van der Waals surface area contributed by atoms with Gasteiger partial charge >= 0.3 is 0 Å². The molecule has 5 rings (SSSR count). The van der Waals surface area contributed by atoms with Crippen LogP contribution in [0.2, 0.25) is 5.02 Å². The first kappa shape index (κ1) is 21.7. The van der Waals surface area contributed by atoms with Crippen molar-refractivity contribution in [2.75, 3.05) is 29.9 Å². The lowest BCUT2D eigenvalue weighted by Gasteiger charge is -2.41. The molecule has 1 saturated carbocycles. The lowest BCUT2D eigenvalue weighted by molar-refractivity contribution is 0.143. The van der Waals surface area contributed by atoms with Crippen LogP contribution in [0.25, 0.3) is 5.57 Å². The molecule has 2 aliphatic heterocycles. The highest BCUT2D eigenvalue weighted by Gasteiger charge is 2.43. The highest BCUT2D eigenvalue weighted by Crippen LogP contribution is 2.42. The van der Waals surface area contributed by atoms with Crippen molar-refractivity contribution in [2.24, 2.45) is 0 Å². The number of nitrogens with one attached hydrogen (secondary N) is 1. The van der Waals surface area contributed by atoms with E-state index >= 15 is 0 Å². The maximum Gasteiger partial charge on any atom is 0.227 e. The molecule has 10 heteroatoms. The molecular formula is C22H27ClN6O2S. The predicted molar refractivity (Wildman–Crippen MR) is 125 cm³/mol. The van der Waals surface area contributed by atoms with Crippen molar-refractivity contribution in [2.45, 2.75) is 61.1 Å². The second-order valence-electron chi connectivity index (χ2n) is 9.42. The highest BCUT2D eigenvalue weighted by atomic mass is 35.5. The molecule has 2 N–H and O–H groups in total. The standard InChI is InChI=1S/C22H27ClN6O2S/c1-21(2)10-16-17(32(21)31)19(28-22(13-30)6-3-7-22)27-20(26-16)29-8-4-14(5-9-29)18-24-11-15(23)12-25-18/h4,11-12,30H,3,5-10,13H2,1-2H3,(H,26,27,28)/t32-/m1/s1. The summed E-state index contributed by atoms with van der Waals surface area (Å²) >= 11 is 5.90. The van der Waals surface area contributed by atoms with Crippen LogP contribution in [0.5, 0.6) is 0 Å². The Morgan fingerprint density at radius 3 is 2.59 bits per heavy atom. The molecular weight excluding hydrogens is 448 g/mol. The molecule has 1 atom stereocenters. The third-order valence-electron chi connectivity index (χ3n) is 6.60. The van der Waals surface area contributed by atoms with Crippen LogP contribution in [0, 0.1) is 0 Å². The number of hydrogen-bond donors (Lipinski definition) is 2. The van der Waals surface area contributed by atoms with Crippen LogP contribution in [-0.4, -0.2) is 59.2 Å². The van der Waals surface area contributed by atoms with E-state index in [-0.39, 0.29) is 16.9 Å². The number of aromatic nitrogens is 4. The number of rotatable bonds is 5. The Morgan fingerprint density at radius 1 is 1.25 bits per heavy atom. The Hall–Kier alpha value is -2.10. The molecule has 0 amide bonds. The van der Waals surface area contributed by atoms with Gasteiger partial charge in [0.1, 0.15) is 10.7 Å². The molecule has 4 heterocycles. The van der Waals surface area contributed by atoms with E-state index in [0.29, 0.717) is 40.5 Å². The maximum absolute atomic E-state index is 13.2.